The lowest BCUT2D eigenvalue weighted by atomic mass is 10.3. The van der Waals surface area contributed by atoms with Crippen molar-refractivity contribution >= 4 is 23.2 Å². The van der Waals surface area contributed by atoms with Gasteiger partial charge in [0.25, 0.3) is 5.91 Å². The Labute approximate surface area is 123 Å². The van der Waals surface area contributed by atoms with E-state index < -0.39 is 0 Å². The van der Waals surface area contributed by atoms with Gasteiger partial charge in [-0.15, -0.1) is 11.3 Å². The topological polar surface area (TPSA) is 70.2 Å². The molecule has 2 rings (SSSR count). The third kappa shape index (κ3) is 5.71. The molecule has 1 aliphatic carbocycles. The number of amides is 2. The largest absolute Gasteiger partial charge is 0.355 e. The van der Waals surface area contributed by atoms with Crippen molar-refractivity contribution < 1.29 is 9.59 Å². The van der Waals surface area contributed by atoms with E-state index in [1.807, 2.05) is 11.4 Å². The second kappa shape index (κ2) is 8.01. The molecule has 3 N–H and O–H groups in total. The van der Waals surface area contributed by atoms with Crippen molar-refractivity contribution in [1.82, 2.24) is 16.0 Å². The molecule has 0 aliphatic heterocycles. The average molecular weight is 295 g/mol. The zero-order valence-corrected chi connectivity index (χ0v) is 12.3. The van der Waals surface area contributed by atoms with E-state index in [-0.39, 0.29) is 11.8 Å². The van der Waals surface area contributed by atoms with Crippen LogP contribution in [-0.4, -0.2) is 38.0 Å². The fourth-order valence-electron chi connectivity index (χ4n) is 1.79. The SMILES string of the molecule is O=C(CNCC1CC1)NCCCNC(=O)c1cccs1. The number of hydrogen-bond acceptors (Lipinski definition) is 4. The number of carbonyl (C=O) groups excluding carboxylic acids is 2. The molecular formula is C14H21N3O2S. The van der Waals surface area contributed by atoms with Crippen molar-refractivity contribution in [2.24, 2.45) is 5.92 Å². The summed E-state index contributed by atoms with van der Waals surface area (Å²) in [5, 5.41) is 10.7. The van der Waals surface area contributed by atoms with Gasteiger partial charge in [-0.25, -0.2) is 0 Å². The van der Waals surface area contributed by atoms with Crippen molar-refractivity contribution in [2.75, 3.05) is 26.2 Å². The Morgan fingerprint density at radius 2 is 2.05 bits per heavy atom. The van der Waals surface area contributed by atoms with Crippen molar-refractivity contribution in [3.05, 3.63) is 22.4 Å². The van der Waals surface area contributed by atoms with E-state index in [2.05, 4.69) is 16.0 Å². The highest BCUT2D eigenvalue weighted by molar-refractivity contribution is 7.12. The summed E-state index contributed by atoms with van der Waals surface area (Å²) in [7, 11) is 0. The second-order valence-corrected chi connectivity index (χ2v) is 5.96. The van der Waals surface area contributed by atoms with Gasteiger partial charge in [0.1, 0.15) is 0 Å². The number of carbonyl (C=O) groups is 2. The minimum Gasteiger partial charge on any atom is -0.355 e. The predicted molar refractivity (Wildman–Crippen MR) is 79.9 cm³/mol. The molecule has 0 bridgehead atoms. The molecule has 1 aliphatic rings. The Hall–Kier alpha value is -1.40. The lowest BCUT2D eigenvalue weighted by molar-refractivity contribution is -0.120. The van der Waals surface area contributed by atoms with E-state index in [1.54, 1.807) is 6.07 Å². The highest BCUT2D eigenvalue weighted by atomic mass is 32.1. The van der Waals surface area contributed by atoms with E-state index >= 15 is 0 Å². The summed E-state index contributed by atoms with van der Waals surface area (Å²) in [6.45, 7) is 2.50. The summed E-state index contributed by atoms with van der Waals surface area (Å²) in [4.78, 5) is 23.8. The maximum Gasteiger partial charge on any atom is 0.261 e. The van der Waals surface area contributed by atoms with E-state index in [0.29, 0.717) is 19.6 Å². The number of rotatable bonds is 9. The van der Waals surface area contributed by atoms with Crippen molar-refractivity contribution in [3.63, 3.8) is 0 Å². The molecule has 1 aromatic rings. The van der Waals surface area contributed by atoms with Crippen molar-refractivity contribution in [3.8, 4) is 0 Å². The first-order chi connectivity index (χ1) is 9.75. The Morgan fingerprint density at radius 1 is 1.25 bits per heavy atom. The van der Waals surface area contributed by atoms with Crippen LogP contribution in [-0.2, 0) is 4.79 Å². The molecule has 1 fully saturated rings. The smallest absolute Gasteiger partial charge is 0.261 e. The van der Waals surface area contributed by atoms with Gasteiger partial charge in [0.15, 0.2) is 0 Å². The Morgan fingerprint density at radius 3 is 2.75 bits per heavy atom. The normalized spacial score (nSPS) is 14.0. The van der Waals surface area contributed by atoms with Gasteiger partial charge in [-0.2, -0.15) is 0 Å². The minimum atomic E-state index is -0.0440. The van der Waals surface area contributed by atoms with E-state index in [9.17, 15) is 9.59 Å². The summed E-state index contributed by atoms with van der Waals surface area (Å²) in [6.07, 6.45) is 3.32. The van der Waals surface area contributed by atoms with Crippen molar-refractivity contribution in [1.29, 1.82) is 0 Å². The van der Waals surface area contributed by atoms with Crippen LogP contribution in [0.15, 0.2) is 17.5 Å². The third-order valence-electron chi connectivity index (χ3n) is 3.12. The molecule has 0 aromatic carbocycles. The van der Waals surface area contributed by atoms with Gasteiger partial charge in [-0.3, -0.25) is 9.59 Å². The molecule has 2 amide bonds. The van der Waals surface area contributed by atoms with Gasteiger partial charge < -0.3 is 16.0 Å². The van der Waals surface area contributed by atoms with E-state index in [0.717, 1.165) is 23.8 Å². The van der Waals surface area contributed by atoms with Crippen molar-refractivity contribution in [2.45, 2.75) is 19.3 Å². The standard InChI is InChI=1S/C14H21N3O2S/c18-13(10-15-9-11-4-5-11)16-6-2-7-17-14(19)12-3-1-8-20-12/h1,3,8,11,15H,2,4-7,9-10H2,(H,16,18)(H,17,19). The maximum absolute atomic E-state index is 11.6. The molecule has 1 heterocycles. The summed E-state index contributed by atoms with van der Waals surface area (Å²) < 4.78 is 0. The van der Waals surface area contributed by atoms with Gasteiger partial charge in [0.05, 0.1) is 11.4 Å². The minimum absolute atomic E-state index is 0.0234. The van der Waals surface area contributed by atoms with Gasteiger partial charge >= 0.3 is 0 Å². The molecule has 110 valence electrons. The summed E-state index contributed by atoms with van der Waals surface area (Å²) in [6, 6.07) is 3.65. The third-order valence-corrected chi connectivity index (χ3v) is 3.99. The molecule has 5 nitrogen and oxygen atoms in total. The van der Waals surface area contributed by atoms with E-state index in [1.165, 1.54) is 24.2 Å². The highest BCUT2D eigenvalue weighted by Gasteiger charge is 2.20. The fraction of sp³-hybridized carbons (Fsp3) is 0.571. The first-order valence-electron chi connectivity index (χ1n) is 7.05. The molecule has 0 unspecified atom stereocenters. The van der Waals surface area contributed by atoms with Crippen LogP contribution >= 0.6 is 11.3 Å². The molecule has 6 heteroatoms. The lowest BCUT2D eigenvalue weighted by Crippen LogP contribution is -2.36. The molecule has 0 spiro atoms. The number of nitrogens with one attached hydrogen (secondary N) is 3. The van der Waals surface area contributed by atoms with Crippen LogP contribution < -0.4 is 16.0 Å². The van der Waals surface area contributed by atoms with Crippen LogP contribution in [0, 0.1) is 5.92 Å². The van der Waals surface area contributed by atoms with Crippen LogP contribution in [0.25, 0.3) is 0 Å². The Bertz CT molecular complexity index is 430. The number of hydrogen-bond donors (Lipinski definition) is 3. The van der Waals surface area contributed by atoms with Crippen LogP contribution in [0.3, 0.4) is 0 Å². The Balaban J connectivity index is 1.44. The highest BCUT2D eigenvalue weighted by Crippen LogP contribution is 2.27. The molecule has 1 saturated carbocycles. The zero-order valence-electron chi connectivity index (χ0n) is 11.5. The summed E-state index contributed by atoms with van der Waals surface area (Å²) >= 11 is 1.43. The quantitative estimate of drug-likeness (QED) is 0.595. The van der Waals surface area contributed by atoms with Gasteiger partial charge in [-0.05, 0) is 43.2 Å². The maximum atomic E-state index is 11.6. The molecule has 0 saturated heterocycles. The van der Waals surface area contributed by atoms with Crippen LogP contribution in [0.4, 0.5) is 0 Å². The molecule has 20 heavy (non-hydrogen) atoms. The zero-order chi connectivity index (χ0) is 14.2. The van der Waals surface area contributed by atoms with E-state index in [4.69, 9.17) is 0 Å². The van der Waals surface area contributed by atoms with Gasteiger partial charge in [0.2, 0.25) is 5.91 Å². The molecule has 1 aromatic heterocycles. The summed E-state index contributed by atoms with van der Waals surface area (Å²) in [5.41, 5.74) is 0. The molecule has 0 atom stereocenters. The number of thiophene rings is 1. The fourth-order valence-corrected chi connectivity index (χ4v) is 2.43. The van der Waals surface area contributed by atoms with Crippen LogP contribution in [0.5, 0.6) is 0 Å². The average Bonchev–Trinajstić information content (AvgIpc) is 3.09. The first kappa shape index (κ1) is 15.0. The molecule has 0 radical (unpaired) electrons. The van der Waals surface area contributed by atoms with Gasteiger partial charge in [0, 0.05) is 13.1 Å². The lowest BCUT2D eigenvalue weighted by Gasteiger charge is -2.07. The van der Waals surface area contributed by atoms with Gasteiger partial charge in [-0.1, -0.05) is 6.07 Å². The predicted octanol–water partition coefficient (Wildman–Crippen LogP) is 0.984. The first-order valence-corrected chi connectivity index (χ1v) is 7.93. The van der Waals surface area contributed by atoms with Crippen LogP contribution in [0.2, 0.25) is 0 Å². The Kier molecular flexibility index (Phi) is 6.01. The summed E-state index contributed by atoms with van der Waals surface area (Å²) in [5.74, 6) is 0.767. The monoisotopic (exact) mass is 295 g/mol. The van der Waals surface area contributed by atoms with Crippen LogP contribution in [0.1, 0.15) is 28.9 Å². The molecular weight excluding hydrogens is 274 g/mol. The second-order valence-electron chi connectivity index (χ2n) is 5.01.